The lowest BCUT2D eigenvalue weighted by atomic mass is 9.99. The van der Waals surface area contributed by atoms with Gasteiger partial charge in [-0.1, -0.05) is 48.5 Å². The van der Waals surface area contributed by atoms with Crippen LogP contribution >= 0.6 is 0 Å². The normalized spacial score (nSPS) is 10.9. The van der Waals surface area contributed by atoms with E-state index in [1.165, 1.54) is 36.4 Å². The first-order valence-corrected chi connectivity index (χ1v) is 7.48. The van der Waals surface area contributed by atoms with Crippen molar-refractivity contribution in [1.29, 1.82) is 0 Å². The molecule has 2 rings (SSSR count). The summed E-state index contributed by atoms with van der Waals surface area (Å²) in [5, 5.41) is 17.2. The Bertz CT molecular complexity index is 825. The fourth-order valence-corrected chi connectivity index (χ4v) is 2.09. The van der Waals surface area contributed by atoms with Gasteiger partial charge in [-0.3, -0.25) is 9.59 Å². The molecule has 0 unspecified atom stereocenters. The molecule has 0 aromatic heterocycles. The lowest BCUT2D eigenvalue weighted by Gasteiger charge is -2.02. The fourth-order valence-electron chi connectivity index (χ4n) is 2.09. The Labute approximate surface area is 148 Å². The molecule has 0 aliphatic carbocycles. The first kappa shape index (κ1) is 18.5. The molecule has 0 aliphatic heterocycles. The van der Waals surface area contributed by atoms with Crippen molar-refractivity contribution in [2.75, 3.05) is 0 Å². The molecule has 0 spiro atoms. The topological polar surface area (TPSA) is 109 Å². The maximum atomic E-state index is 12.3. The number of ketones is 2. The van der Waals surface area contributed by atoms with E-state index in [2.05, 4.69) is 0 Å². The summed E-state index contributed by atoms with van der Waals surface area (Å²) in [6.45, 7) is 0. The first-order valence-electron chi connectivity index (χ1n) is 7.48. The highest BCUT2D eigenvalue weighted by Gasteiger charge is 2.17. The zero-order valence-electron chi connectivity index (χ0n) is 13.5. The Kier molecular flexibility index (Phi) is 5.95. The Morgan fingerprint density at radius 2 is 0.885 bits per heavy atom. The predicted octanol–water partition coefficient (Wildman–Crippen LogP) is 2.95. The Morgan fingerprint density at radius 1 is 0.577 bits per heavy atom. The maximum absolute atomic E-state index is 12.3. The zero-order chi connectivity index (χ0) is 19.1. The van der Waals surface area contributed by atoms with Crippen LogP contribution in [0.4, 0.5) is 0 Å². The van der Waals surface area contributed by atoms with E-state index in [9.17, 15) is 19.2 Å². The van der Waals surface area contributed by atoms with Gasteiger partial charge in [-0.25, -0.2) is 9.59 Å². The minimum absolute atomic E-state index is 0.192. The molecule has 0 radical (unpaired) electrons. The molecule has 0 heterocycles. The van der Waals surface area contributed by atoms with E-state index in [0.29, 0.717) is 11.1 Å². The number of aliphatic carboxylic acids is 2. The second-order valence-electron chi connectivity index (χ2n) is 5.25. The summed E-state index contributed by atoms with van der Waals surface area (Å²) in [5.41, 5.74) is 1.56. The molecular weight excluding hydrogens is 336 g/mol. The molecule has 130 valence electrons. The Balaban J connectivity index is 2.12. The van der Waals surface area contributed by atoms with Crippen molar-refractivity contribution >= 4 is 35.7 Å². The molecule has 6 nitrogen and oxygen atoms in total. The van der Waals surface area contributed by atoms with Gasteiger partial charge in [0, 0.05) is 23.3 Å². The molecule has 0 amide bonds. The molecule has 26 heavy (non-hydrogen) atoms. The average Bonchev–Trinajstić information content (AvgIpc) is 2.64. The van der Waals surface area contributed by atoms with Gasteiger partial charge < -0.3 is 10.2 Å². The molecule has 0 bridgehead atoms. The summed E-state index contributed by atoms with van der Waals surface area (Å²) in [5.74, 6) is -3.54. The number of carbonyl (C=O) groups is 4. The van der Waals surface area contributed by atoms with E-state index in [1.807, 2.05) is 0 Å². The van der Waals surface area contributed by atoms with Gasteiger partial charge in [0.05, 0.1) is 0 Å². The second kappa shape index (κ2) is 8.34. The largest absolute Gasteiger partial charge is 0.478 e. The monoisotopic (exact) mass is 350 g/mol. The minimum Gasteiger partial charge on any atom is -0.478 e. The van der Waals surface area contributed by atoms with Crippen molar-refractivity contribution in [3.63, 3.8) is 0 Å². The highest BCUT2D eigenvalue weighted by atomic mass is 16.4. The number of carboxylic acids is 2. The molecule has 6 heteroatoms. The van der Waals surface area contributed by atoms with Crippen molar-refractivity contribution in [3.05, 3.63) is 82.9 Å². The molecule has 0 saturated heterocycles. The van der Waals surface area contributed by atoms with E-state index < -0.39 is 23.5 Å². The van der Waals surface area contributed by atoms with E-state index in [0.717, 1.165) is 12.2 Å². The van der Waals surface area contributed by atoms with Crippen molar-refractivity contribution in [1.82, 2.24) is 0 Å². The van der Waals surface area contributed by atoms with Crippen molar-refractivity contribution in [2.24, 2.45) is 0 Å². The predicted molar refractivity (Wildman–Crippen MR) is 94.9 cm³/mol. The summed E-state index contributed by atoms with van der Waals surface area (Å²) in [6, 6.07) is 12.0. The lowest BCUT2D eigenvalue weighted by Crippen LogP contribution is -2.14. The Morgan fingerprint density at radius 3 is 1.15 bits per heavy atom. The zero-order valence-corrected chi connectivity index (χ0v) is 13.5. The molecule has 2 aromatic carbocycles. The van der Waals surface area contributed by atoms with Gasteiger partial charge in [0.15, 0.2) is 0 Å². The van der Waals surface area contributed by atoms with E-state index in [1.54, 1.807) is 24.3 Å². The van der Waals surface area contributed by atoms with Gasteiger partial charge in [0.2, 0.25) is 11.6 Å². The molecule has 0 aliphatic rings. The maximum Gasteiger partial charge on any atom is 0.328 e. The molecular formula is C20H14O6. The molecule has 0 atom stereocenters. The molecule has 2 N–H and O–H groups in total. The standard InChI is InChI=1S/C20H14O6/c21-17(22)11-5-13-1-7-15(8-2-13)19(25)20(26)16-9-3-14(4-10-16)6-12-18(23)24/h1-12H,(H,21,22)(H,23,24). The van der Waals surface area contributed by atoms with Crippen LogP contribution in [0.2, 0.25) is 0 Å². The van der Waals surface area contributed by atoms with Crippen LogP contribution < -0.4 is 0 Å². The van der Waals surface area contributed by atoms with Gasteiger partial charge in [-0.2, -0.15) is 0 Å². The van der Waals surface area contributed by atoms with Crippen LogP contribution in [0.1, 0.15) is 31.8 Å². The smallest absolute Gasteiger partial charge is 0.328 e. The van der Waals surface area contributed by atoms with Gasteiger partial charge >= 0.3 is 11.9 Å². The number of hydrogen-bond acceptors (Lipinski definition) is 4. The summed E-state index contributed by atoms with van der Waals surface area (Å²) in [4.78, 5) is 45.5. The summed E-state index contributed by atoms with van der Waals surface area (Å²) < 4.78 is 0. The molecule has 2 aromatic rings. The third kappa shape index (κ3) is 5.10. The summed E-state index contributed by atoms with van der Waals surface area (Å²) >= 11 is 0. The van der Waals surface area contributed by atoms with Gasteiger partial charge in [-0.15, -0.1) is 0 Å². The van der Waals surface area contributed by atoms with Crippen molar-refractivity contribution in [3.8, 4) is 0 Å². The Hall–Kier alpha value is -3.80. The van der Waals surface area contributed by atoms with Gasteiger partial charge in [0.1, 0.15) is 0 Å². The van der Waals surface area contributed by atoms with Gasteiger partial charge in [0.25, 0.3) is 0 Å². The SMILES string of the molecule is O=C(O)C=Cc1ccc(C(=O)C(=O)c2ccc(C=CC(=O)O)cc2)cc1. The third-order valence-electron chi connectivity index (χ3n) is 3.39. The van der Waals surface area contributed by atoms with E-state index >= 15 is 0 Å². The van der Waals surface area contributed by atoms with E-state index in [-0.39, 0.29) is 11.1 Å². The van der Waals surface area contributed by atoms with Crippen LogP contribution in [-0.2, 0) is 9.59 Å². The van der Waals surface area contributed by atoms with Crippen molar-refractivity contribution < 1.29 is 29.4 Å². The highest BCUT2D eigenvalue weighted by molar-refractivity contribution is 6.49. The number of benzene rings is 2. The van der Waals surface area contributed by atoms with Crippen LogP contribution in [0.5, 0.6) is 0 Å². The van der Waals surface area contributed by atoms with Crippen LogP contribution in [0, 0.1) is 0 Å². The number of carbonyl (C=O) groups excluding carboxylic acids is 2. The summed E-state index contributed by atoms with van der Waals surface area (Å²) in [6.07, 6.45) is 4.70. The number of hydrogen-bond donors (Lipinski definition) is 2. The number of carboxylic acid groups (broad SMARTS) is 2. The van der Waals surface area contributed by atoms with Gasteiger partial charge in [-0.05, 0) is 23.3 Å². The number of Topliss-reactive ketones (excluding diaryl/α,β-unsaturated/α-hetero) is 2. The van der Waals surface area contributed by atoms with Crippen LogP contribution in [0.15, 0.2) is 60.7 Å². The molecule has 0 saturated carbocycles. The summed E-state index contributed by atoms with van der Waals surface area (Å²) in [7, 11) is 0. The van der Waals surface area contributed by atoms with Crippen molar-refractivity contribution in [2.45, 2.75) is 0 Å². The fraction of sp³-hybridized carbons (Fsp3) is 0. The van der Waals surface area contributed by atoms with E-state index in [4.69, 9.17) is 10.2 Å². The number of rotatable bonds is 7. The average molecular weight is 350 g/mol. The lowest BCUT2D eigenvalue weighted by molar-refractivity contribution is -0.132. The van der Waals surface area contributed by atoms with Crippen LogP contribution in [0.3, 0.4) is 0 Å². The van der Waals surface area contributed by atoms with Crippen LogP contribution in [-0.4, -0.2) is 33.7 Å². The second-order valence-corrected chi connectivity index (χ2v) is 5.25. The van der Waals surface area contributed by atoms with Crippen LogP contribution in [0.25, 0.3) is 12.2 Å². The molecule has 0 fully saturated rings. The minimum atomic E-state index is -1.08. The third-order valence-corrected chi connectivity index (χ3v) is 3.39. The first-order chi connectivity index (χ1) is 12.4. The highest BCUT2D eigenvalue weighted by Crippen LogP contribution is 2.12. The quantitative estimate of drug-likeness (QED) is 0.451.